The van der Waals surface area contributed by atoms with E-state index in [0.29, 0.717) is 17.5 Å². The highest BCUT2D eigenvalue weighted by molar-refractivity contribution is 7.92. The first-order chi connectivity index (χ1) is 9.91. The van der Waals surface area contributed by atoms with Gasteiger partial charge in [-0.25, -0.2) is 18.2 Å². The molecule has 2 aromatic rings. The van der Waals surface area contributed by atoms with Crippen molar-refractivity contribution in [2.24, 2.45) is 7.05 Å². The van der Waals surface area contributed by atoms with E-state index in [1.54, 1.807) is 32.3 Å². The number of aromatic nitrogens is 2. The van der Waals surface area contributed by atoms with E-state index in [2.05, 4.69) is 9.71 Å². The molecule has 2 aromatic heterocycles. The largest absolute Gasteiger partial charge is 0.464 e. The molecule has 0 amide bonds. The number of esters is 1. The van der Waals surface area contributed by atoms with E-state index < -0.39 is 16.0 Å². The fraction of sp³-hybridized carbons (Fsp3) is 0.385. The monoisotopic (exact) mass is 311 g/mol. The Balaban J connectivity index is 2.68. The van der Waals surface area contributed by atoms with Gasteiger partial charge in [-0.3, -0.25) is 4.72 Å². The maximum atomic E-state index is 12.0. The van der Waals surface area contributed by atoms with Crippen molar-refractivity contribution < 1.29 is 17.9 Å². The van der Waals surface area contributed by atoms with Gasteiger partial charge in [0, 0.05) is 18.6 Å². The number of pyridine rings is 1. The molecule has 0 aliphatic carbocycles. The number of rotatable bonds is 5. The molecule has 0 aliphatic heterocycles. The second kappa shape index (κ2) is 5.72. The number of aryl methyl sites for hydroxylation is 1. The summed E-state index contributed by atoms with van der Waals surface area (Å²) in [6.07, 6.45) is 2.06. The normalized spacial score (nSPS) is 11.6. The third kappa shape index (κ3) is 2.85. The maximum absolute atomic E-state index is 12.0. The molecule has 0 aromatic carbocycles. The summed E-state index contributed by atoms with van der Waals surface area (Å²) >= 11 is 0. The van der Waals surface area contributed by atoms with Gasteiger partial charge in [0.2, 0.25) is 10.0 Å². The molecular weight excluding hydrogens is 294 g/mol. The van der Waals surface area contributed by atoms with Crippen LogP contribution in [0.25, 0.3) is 11.0 Å². The minimum absolute atomic E-state index is 0.0235. The second-order valence-electron chi connectivity index (χ2n) is 4.57. The average molecular weight is 311 g/mol. The minimum Gasteiger partial charge on any atom is -0.464 e. The average Bonchev–Trinajstić information content (AvgIpc) is 2.71. The molecular formula is C13H17N3O4S. The molecule has 1 N–H and O–H groups in total. The molecule has 0 bridgehead atoms. The quantitative estimate of drug-likeness (QED) is 0.845. The predicted molar refractivity (Wildman–Crippen MR) is 79.8 cm³/mol. The van der Waals surface area contributed by atoms with Crippen LogP contribution in [-0.2, 0) is 21.8 Å². The van der Waals surface area contributed by atoms with Crippen LogP contribution in [0.2, 0.25) is 0 Å². The number of methoxy groups -OCH3 is 1. The van der Waals surface area contributed by atoms with Crippen LogP contribution in [0.15, 0.2) is 18.3 Å². The van der Waals surface area contributed by atoms with Crippen molar-refractivity contribution in [3.05, 3.63) is 24.0 Å². The summed E-state index contributed by atoms with van der Waals surface area (Å²) < 4.78 is 32.8. The summed E-state index contributed by atoms with van der Waals surface area (Å²) in [7, 11) is -0.640. The standard InChI is InChI=1S/C13H17N3O4S/c1-4-8-21(18,19)15-10-9-6-5-7-14-12(9)16(2)11(10)13(17)20-3/h5-7,15H,4,8H2,1-3H3. The first kappa shape index (κ1) is 15.3. The predicted octanol–water partition coefficient (Wildman–Crippen LogP) is 1.51. The summed E-state index contributed by atoms with van der Waals surface area (Å²) in [5.41, 5.74) is 0.846. The zero-order valence-electron chi connectivity index (χ0n) is 12.1. The highest BCUT2D eigenvalue weighted by Gasteiger charge is 2.25. The van der Waals surface area contributed by atoms with Gasteiger partial charge in [0.1, 0.15) is 5.65 Å². The molecule has 114 valence electrons. The van der Waals surface area contributed by atoms with Gasteiger partial charge < -0.3 is 9.30 Å². The van der Waals surface area contributed by atoms with Gasteiger partial charge in [-0.05, 0) is 18.6 Å². The number of ether oxygens (including phenoxy) is 1. The number of nitrogens with one attached hydrogen (secondary N) is 1. The summed E-state index contributed by atoms with van der Waals surface area (Å²) in [6.45, 7) is 1.77. The lowest BCUT2D eigenvalue weighted by Gasteiger charge is -2.08. The summed E-state index contributed by atoms with van der Waals surface area (Å²) in [5.74, 6) is -0.644. The molecule has 0 radical (unpaired) electrons. The summed E-state index contributed by atoms with van der Waals surface area (Å²) in [5, 5.41) is 0.556. The Kier molecular flexibility index (Phi) is 4.17. The molecule has 8 heteroatoms. The highest BCUT2D eigenvalue weighted by atomic mass is 32.2. The van der Waals surface area contributed by atoms with Crippen molar-refractivity contribution in [3.63, 3.8) is 0 Å². The number of hydrogen-bond donors (Lipinski definition) is 1. The second-order valence-corrected chi connectivity index (χ2v) is 6.41. The van der Waals surface area contributed by atoms with Gasteiger partial charge in [0.25, 0.3) is 0 Å². The first-order valence-corrected chi connectivity index (χ1v) is 8.08. The Labute approximate surface area is 123 Å². The van der Waals surface area contributed by atoms with Crippen molar-refractivity contribution in [1.29, 1.82) is 0 Å². The number of hydrogen-bond acceptors (Lipinski definition) is 5. The molecule has 0 atom stereocenters. The number of nitrogens with zero attached hydrogens (tertiary/aromatic N) is 2. The van der Waals surface area contributed by atoms with E-state index in [1.165, 1.54) is 11.7 Å². The molecule has 0 aliphatic rings. The Bertz CT molecular complexity index is 780. The van der Waals surface area contributed by atoms with Crippen LogP contribution in [-0.4, -0.2) is 36.8 Å². The lowest BCUT2D eigenvalue weighted by Crippen LogP contribution is -2.19. The van der Waals surface area contributed by atoms with E-state index in [-0.39, 0.29) is 17.1 Å². The van der Waals surface area contributed by atoms with Crippen LogP contribution in [0, 0.1) is 0 Å². The van der Waals surface area contributed by atoms with Crippen LogP contribution in [0.4, 0.5) is 5.69 Å². The Morgan fingerprint density at radius 2 is 2.19 bits per heavy atom. The van der Waals surface area contributed by atoms with Crippen LogP contribution in [0.5, 0.6) is 0 Å². The van der Waals surface area contributed by atoms with Gasteiger partial charge >= 0.3 is 5.97 Å². The maximum Gasteiger partial charge on any atom is 0.356 e. The van der Waals surface area contributed by atoms with Gasteiger partial charge in [-0.15, -0.1) is 0 Å². The van der Waals surface area contributed by atoms with Gasteiger partial charge in [-0.1, -0.05) is 6.92 Å². The van der Waals surface area contributed by atoms with Crippen molar-refractivity contribution >= 4 is 32.7 Å². The van der Waals surface area contributed by atoms with E-state index in [4.69, 9.17) is 4.74 Å². The van der Waals surface area contributed by atoms with Crippen molar-refractivity contribution in [1.82, 2.24) is 9.55 Å². The summed E-state index contributed by atoms with van der Waals surface area (Å²) in [6, 6.07) is 3.39. The third-order valence-electron chi connectivity index (χ3n) is 3.06. The smallest absolute Gasteiger partial charge is 0.356 e. The topological polar surface area (TPSA) is 90.3 Å². The van der Waals surface area contributed by atoms with E-state index >= 15 is 0 Å². The van der Waals surface area contributed by atoms with Crippen molar-refractivity contribution in [3.8, 4) is 0 Å². The van der Waals surface area contributed by atoms with E-state index in [9.17, 15) is 13.2 Å². The fourth-order valence-electron chi connectivity index (χ4n) is 2.17. The van der Waals surface area contributed by atoms with Crippen molar-refractivity contribution in [2.45, 2.75) is 13.3 Å². The molecule has 0 spiro atoms. The minimum atomic E-state index is -3.53. The molecule has 0 fully saturated rings. The van der Waals surface area contributed by atoms with Crippen LogP contribution in [0.1, 0.15) is 23.8 Å². The molecule has 0 unspecified atom stereocenters. The molecule has 0 saturated carbocycles. The molecule has 21 heavy (non-hydrogen) atoms. The molecule has 0 saturated heterocycles. The number of carbonyl (C=O) groups is 1. The molecule has 2 rings (SSSR count). The molecule has 2 heterocycles. The summed E-state index contributed by atoms with van der Waals surface area (Å²) in [4.78, 5) is 16.1. The SMILES string of the molecule is CCCS(=O)(=O)Nc1c(C(=O)OC)n(C)c2ncccc12. The number of fused-ring (bicyclic) bond motifs is 1. The van der Waals surface area contributed by atoms with Crippen LogP contribution in [0.3, 0.4) is 0 Å². The third-order valence-corrected chi connectivity index (χ3v) is 4.52. The number of carbonyl (C=O) groups excluding carboxylic acids is 1. The van der Waals surface area contributed by atoms with Gasteiger partial charge in [0.05, 0.1) is 18.6 Å². The number of sulfonamides is 1. The van der Waals surface area contributed by atoms with Gasteiger partial charge in [-0.2, -0.15) is 0 Å². The Morgan fingerprint density at radius 1 is 1.48 bits per heavy atom. The zero-order valence-corrected chi connectivity index (χ0v) is 12.9. The molecule has 7 nitrogen and oxygen atoms in total. The lowest BCUT2D eigenvalue weighted by molar-refractivity contribution is 0.0591. The fourth-order valence-corrected chi connectivity index (χ4v) is 3.33. The highest BCUT2D eigenvalue weighted by Crippen LogP contribution is 2.30. The first-order valence-electron chi connectivity index (χ1n) is 6.43. The van der Waals surface area contributed by atoms with E-state index in [0.717, 1.165) is 0 Å². The number of anilines is 1. The van der Waals surface area contributed by atoms with Gasteiger partial charge in [0.15, 0.2) is 5.69 Å². The van der Waals surface area contributed by atoms with E-state index in [1.807, 2.05) is 0 Å². The van der Waals surface area contributed by atoms with Crippen LogP contribution < -0.4 is 4.72 Å². The van der Waals surface area contributed by atoms with Crippen molar-refractivity contribution in [2.75, 3.05) is 17.6 Å². The Hall–Kier alpha value is -2.09. The zero-order chi connectivity index (χ0) is 15.6. The lowest BCUT2D eigenvalue weighted by atomic mass is 10.3. The Morgan fingerprint density at radius 3 is 2.81 bits per heavy atom. The van der Waals surface area contributed by atoms with Crippen LogP contribution >= 0.6 is 0 Å².